The van der Waals surface area contributed by atoms with Crippen LogP contribution in [0.25, 0.3) is 0 Å². The Morgan fingerprint density at radius 1 is 1.40 bits per heavy atom. The van der Waals surface area contributed by atoms with Crippen LogP contribution in [-0.4, -0.2) is 17.0 Å². The SMILES string of the molecule is Cc1ccc(C(N)=NO)cc1NC(=O)c1csc(I)c1. The number of carbonyl (C=O) groups is 1. The molecule has 0 radical (unpaired) electrons. The minimum absolute atomic E-state index is 0.00517. The van der Waals surface area contributed by atoms with Gasteiger partial charge in [0.1, 0.15) is 0 Å². The van der Waals surface area contributed by atoms with Crippen LogP contribution >= 0.6 is 33.9 Å². The van der Waals surface area contributed by atoms with Gasteiger partial charge in [0.2, 0.25) is 0 Å². The summed E-state index contributed by atoms with van der Waals surface area (Å²) in [5.74, 6) is -0.172. The second-order valence-electron chi connectivity index (χ2n) is 4.11. The summed E-state index contributed by atoms with van der Waals surface area (Å²) in [5.41, 5.74) is 8.25. The fraction of sp³-hybridized carbons (Fsp3) is 0.0769. The van der Waals surface area contributed by atoms with E-state index in [0.29, 0.717) is 16.8 Å². The largest absolute Gasteiger partial charge is 0.409 e. The van der Waals surface area contributed by atoms with Crippen molar-refractivity contribution in [1.82, 2.24) is 0 Å². The molecule has 0 aliphatic carbocycles. The lowest BCUT2D eigenvalue weighted by atomic mass is 10.1. The molecule has 2 rings (SSSR count). The zero-order valence-corrected chi connectivity index (χ0v) is 13.5. The number of halogens is 1. The smallest absolute Gasteiger partial charge is 0.256 e. The first-order valence-corrected chi connectivity index (χ1v) is 7.61. The van der Waals surface area contributed by atoms with E-state index >= 15 is 0 Å². The van der Waals surface area contributed by atoms with E-state index in [0.717, 1.165) is 8.45 Å². The molecule has 0 fully saturated rings. The summed E-state index contributed by atoms with van der Waals surface area (Å²) in [5, 5.41) is 16.3. The van der Waals surface area contributed by atoms with Gasteiger partial charge in [-0.15, -0.1) is 11.3 Å². The van der Waals surface area contributed by atoms with Crippen molar-refractivity contribution in [2.24, 2.45) is 10.9 Å². The first-order valence-electron chi connectivity index (χ1n) is 5.65. The summed E-state index contributed by atoms with van der Waals surface area (Å²) in [6.07, 6.45) is 0. The number of benzene rings is 1. The molecule has 1 aromatic carbocycles. The summed E-state index contributed by atoms with van der Waals surface area (Å²) in [6.45, 7) is 1.88. The molecule has 1 aromatic heterocycles. The molecule has 5 nitrogen and oxygen atoms in total. The molecule has 1 heterocycles. The molecule has 2 aromatic rings. The number of thiophene rings is 1. The monoisotopic (exact) mass is 401 g/mol. The Hall–Kier alpha value is -1.61. The molecular weight excluding hydrogens is 389 g/mol. The number of nitrogens with zero attached hydrogens (tertiary/aromatic N) is 1. The van der Waals surface area contributed by atoms with Crippen LogP contribution in [0.3, 0.4) is 0 Å². The Bertz CT molecular complexity index is 682. The highest BCUT2D eigenvalue weighted by Crippen LogP contribution is 2.21. The lowest BCUT2D eigenvalue weighted by Gasteiger charge is -2.09. The van der Waals surface area contributed by atoms with Gasteiger partial charge in [-0.3, -0.25) is 4.79 Å². The Labute approximate surface area is 133 Å². The van der Waals surface area contributed by atoms with Crippen LogP contribution in [0.15, 0.2) is 34.8 Å². The van der Waals surface area contributed by atoms with Crippen LogP contribution < -0.4 is 11.1 Å². The molecule has 20 heavy (non-hydrogen) atoms. The minimum atomic E-state index is -0.177. The highest BCUT2D eigenvalue weighted by Gasteiger charge is 2.11. The molecule has 0 unspecified atom stereocenters. The lowest BCUT2D eigenvalue weighted by Crippen LogP contribution is -2.16. The van der Waals surface area contributed by atoms with Crippen LogP contribution in [0.1, 0.15) is 21.5 Å². The van der Waals surface area contributed by atoms with Crippen molar-refractivity contribution >= 4 is 51.4 Å². The van der Waals surface area contributed by atoms with Gasteiger partial charge in [-0.25, -0.2) is 0 Å². The molecule has 0 bridgehead atoms. The number of hydrogen-bond acceptors (Lipinski definition) is 4. The second kappa shape index (κ2) is 6.23. The maximum atomic E-state index is 12.1. The third kappa shape index (κ3) is 3.28. The molecule has 0 aliphatic heterocycles. The number of amidine groups is 1. The van der Waals surface area contributed by atoms with Crippen molar-refractivity contribution in [2.45, 2.75) is 6.92 Å². The molecular formula is C13H12IN3O2S. The van der Waals surface area contributed by atoms with Crippen LogP contribution in [-0.2, 0) is 0 Å². The van der Waals surface area contributed by atoms with E-state index in [9.17, 15) is 4.79 Å². The minimum Gasteiger partial charge on any atom is -0.409 e. The van der Waals surface area contributed by atoms with Gasteiger partial charge in [-0.1, -0.05) is 17.3 Å². The second-order valence-corrected chi connectivity index (χ2v) is 6.91. The Kier molecular flexibility index (Phi) is 4.61. The molecule has 7 heteroatoms. The van der Waals surface area contributed by atoms with Gasteiger partial charge < -0.3 is 16.3 Å². The number of nitrogens with one attached hydrogen (secondary N) is 1. The van der Waals surface area contributed by atoms with E-state index in [2.05, 4.69) is 33.1 Å². The number of hydrogen-bond donors (Lipinski definition) is 3. The molecule has 0 aliphatic rings. The van der Waals surface area contributed by atoms with Crippen molar-refractivity contribution in [3.8, 4) is 0 Å². The number of amides is 1. The van der Waals surface area contributed by atoms with Gasteiger partial charge in [0.15, 0.2) is 5.84 Å². The molecule has 0 saturated carbocycles. The number of aryl methyl sites for hydroxylation is 1. The normalized spacial score (nSPS) is 11.4. The Balaban J connectivity index is 2.26. The average Bonchev–Trinajstić information content (AvgIpc) is 2.87. The number of anilines is 1. The molecule has 4 N–H and O–H groups in total. The van der Waals surface area contributed by atoms with Gasteiger partial charge in [-0.2, -0.15) is 0 Å². The van der Waals surface area contributed by atoms with Crippen molar-refractivity contribution in [3.05, 3.63) is 49.2 Å². The maximum absolute atomic E-state index is 12.1. The van der Waals surface area contributed by atoms with Crippen LogP contribution in [0.4, 0.5) is 5.69 Å². The fourth-order valence-corrected chi connectivity index (χ4v) is 2.92. The summed E-state index contributed by atoms with van der Waals surface area (Å²) in [7, 11) is 0. The van der Waals surface area contributed by atoms with Gasteiger partial charge >= 0.3 is 0 Å². The topological polar surface area (TPSA) is 87.7 Å². The highest BCUT2D eigenvalue weighted by atomic mass is 127. The first kappa shape index (κ1) is 14.8. The molecule has 0 spiro atoms. The number of nitrogens with two attached hydrogens (primary N) is 1. The van der Waals surface area contributed by atoms with E-state index in [1.165, 1.54) is 11.3 Å². The third-order valence-electron chi connectivity index (χ3n) is 2.72. The Morgan fingerprint density at radius 3 is 2.75 bits per heavy atom. The maximum Gasteiger partial charge on any atom is 0.256 e. The van der Waals surface area contributed by atoms with Crippen molar-refractivity contribution in [3.63, 3.8) is 0 Å². The zero-order valence-electron chi connectivity index (χ0n) is 10.6. The summed E-state index contributed by atoms with van der Waals surface area (Å²) >= 11 is 3.68. The number of carbonyl (C=O) groups excluding carboxylic acids is 1. The molecule has 104 valence electrons. The fourth-order valence-electron chi connectivity index (χ4n) is 1.60. The predicted octanol–water partition coefficient (Wildman–Crippen LogP) is 3.01. The predicted molar refractivity (Wildman–Crippen MR) is 88.7 cm³/mol. The van der Waals surface area contributed by atoms with E-state index in [-0.39, 0.29) is 11.7 Å². The van der Waals surface area contributed by atoms with E-state index in [1.54, 1.807) is 23.6 Å². The zero-order chi connectivity index (χ0) is 14.7. The van der Waals surface area contributed by atoms with Gasteiger partial charge in [0.05, 0.1) is 8.45 Å². The average molecular weight is 401 g/mol. The van der Waals surface area contributed by atoms with Gasteiger partial charge in [0.25, 0.3) is 5.91 Å². The van der Waals surface area contributed by atoms with E-state index < -0.39 is 0 Å². The van der Waals surface area contributed by atoms with Crippen molar-refractivity contribution < 1.29 is 10.0 Å². The highest BCUT2D eigenvalue weighted by molar-refractivity contribution is 14.1. The van der Waals surface area contributed by atoms with E-state index in [4.69, 9.17) is 10.9 Å². The molecule has 0 saturated heterocycles. The van der Waals surface area contributed by atoms with Crippen LogP contribution in [0.5, 0.6) is 0 Å². The van der Waals surface area contributed by atoms with Crippen molar-refractivity contribution in [2.75, 3.05) is 5.32 Å². The standard InChI is InChI=1S/C13H12IN3O2S/c1-7-2-3-8(12(15)17-19)4-10(7)16-13(18)9-5-11(14)20-6-9/h2-6,19H,1H3,(H2,15,17)(H,16,18). The summed E-state index contributed by atoms with van der Waals surface area (Å²) < 4.78 is 1.05. The van der Waals surface area contributed by atoms with Gasteiger partial charge in [-0.05, 0) is 47.2 Å². The summed E-state index contributed by atoms with van der Waals surface area (Å²) in [4.78, 5) is 12.1. The summed E-state index contributed by atoms with van der Waals surface area (Å²) in [6, 6.07) is 7.04. The molecule has 0 atom stereocenters. The third-order valence-corrected chi connectivity index (χ3v) is 4.51. The Morgan fingerprint density at radius 2 is 2.15 bits per heavy atom. The van der Waals surface area contributed by atoms with Crippen LogP contribution in [0.2, 0.25) is 0 Å². The van der Waals surface area contributed by atoms with E-state index in [1.807, 2.05) is 13.0 Å². The molecule has 1 amide bonds. The number of oxime groups is 1. The quantitative estimate of drug-likeness (QED) is 0.243. The van der Waals surface area contributed by atoms with Crippen LogP contribution in [0, 0.1) is 9.81 Å². The first-order chi connectivity index (χ1) is 9.51. The number of rotatable bonds is 3. The van der Waals surface area contributed by atoms with Crippen molar-refractivity contribution in [1.29, 1.82) is 0 Å². The van der Waals surface area contributed by atoms with Gasteiger partial charge in [0, 0.05) is 16.6 Å². The lowest BCUT2D eigenvalue weighted by molar-refractivity contribution is 0.102.